The number of piperidine rings is 1. The number of carbonyl (C=O) groups excluding carboxylic acids is 1. The van der Waals surface area contributed by atoms with Crippen LogP contribution >= 0.6 is 11.6 Å². The molecule has 1 amide bonds. The largest absolute Gasteiger partial charge is 0.364 e. The zero-order chi connectivity index (χ0) is 12.4. The van der Waals surface area contributed by atoms with Crippen LogP contribution in [0.1, 0.15) is 12.8 Å². The van der Waals surface area contributed by atoms with Gasteiger partial charge in [-0.15, -0.1) is 0 Å². The van der Waals surface area contributed by atoms with Gasteiger partial charge >= 0.3 is 0 Å². The molecule has 7 heteroatoms. The summed E-state index contributed by atoms with van der Waals surface area (Å²) in [5, 5.41) is 3.13. The molecule has 0 bridgehead atoms. The van der Waals surface area contributed by atoms with Gasteiger partial charge in [0.1, 0.15) is 5.02 Å². The van der Waals surface area contributed by atoms with Crippen molar-refractivity contribution in [1.82, 2.24) is 14.9 Å². The lowest BCUT2D eigenvalue weighted by molar-refractivity contribution is -0.132. The van der Waals surface area contributed by atoms with Gasteiger partial charge in [0.2, 0.25) is 5.91 Å². The van der Waals surface area contributed by atoms with Crippen molar-refractivity contribution in [2.45, 2.75) is 18.9 Å². The molecule has 1 aliphatic rings. The van der Waals surface area contributed by atoms with Crippen LogP contribution in [0.5, 0.6) is 0 Å². The van der Waals surface area contributed by atoms with E-state index in [2.05, 4.69) is 15.3 Å². The molecule has 1 aromatic rings. The Kier molecular flexibility index (Phi) is 3.33. The van der Waals surface area contributed by atoms with E-state index in [9.17, 15) is 9.59 Å². The van der Waals surface area contributed by atoms with E-state index in [1.807, 2.05) is 0 Å². The number of anilines is 1. The zero-order valence-corrected chi connectivity index (χ0v) is 10.1. The number of likely N-dealkylation sites (N-methyl/N-ethyl adjacent to an activating group) is 1. The summed E-state index contributed by atoms with van der Waals surface area (Å²) < 4.78 is 0. The molecule has 1 aromatic heterocycles. The zero-order valence-electron chi connectivity index (χ0n) is 9.36. The second kappa shape index (κ2) is 4.75. The second-order valence-electron chi connectivity index (χ2n) is 4.05. The maximum Gasteiger partial charge on any atom is 0.271 e. The molecule has 2 heterocycles. The summed E-state index contributed by atoms with van der Waals surface area (Å²) in [5.74, 6) is 0.496. The summed E-state index contributed by atoms with van der Waals surface area (Å²) in [5.41, 5.74) is -0.371. The van der Waals surface area contributed by atoms with Crippen molar-refractivity contribution in [1.29, 1.82) is 0 Å². The van der Waals surface area contributed by atoms with Crippen molar-refractivity contribution in [3.05, 3.63) is 21.7 Å². The first-order valence-electron chi connectivity index (χ1n) is 5.31. The first-order valence-corrected chi connectivity index (χ1v) is 5.69. The molecule has 1 aliphatic heterocycles. The summed E-state index contributed by atoms with van der Waals surface area (Å²) in [6.07, 6.45) is 2.51. The summed E-state index contributed by atoms with van der Waals surface area (Å²) in [6.45, 7) is 0.587. The predicted octanol–water partition coefficient (Wildman–Crippen LogP) is 0.456. The predicted molar refractivity (Wildman–Crippen MR) is 64.1 cm³/mol. The smallest absolute Gasteiger partial charge is 0.271 e. The van der Waals surface area contributed by atoms with Gasteiger partial charge < -0.3 is 15.2 Å². The van der Waals surface area contributed by atoms with Crippen LogP contribution in [-0.2, 0) is 4.79 Å². The number of rotatable bonds is 2. The van der Waals surface area contributed by atoms with Crippen molar-refractivity contribution in [2.75, 3.05) is 18.9 Å². The van der Waals surface area contributed by atoms with Crippen LogP contribution in [0.4, 0.5) is 5.82 Å². The molecule has 92 valence electrons. The highest BCUT2D eigenvalue weighted by atomic mass is 35.5. The topological polar surface area (TPSA) is 78.1 Å². The van der Waals surface area contributed by atoms with Crippen molar-refractivity contribution in [2.24, 2.45) is 0 Å². The SMILES string of the molecule is CN1CC(Nc2nc[nH]c(=O)c2Cl)CCC1=O. The van der Waals surface area contributed by atoms with E-state index in [0.29, 0.717) is 25.2 Å². The van der Waals surface area contributed by atoms with Crippen molar-refractivity contribution >= 4 is 23.3 Å². The molecule has 1 unspecified atom stereocenters. The molecule has 0 aromatic carbocycles. The summed E-state index contributed by atoms with van der Waals surface area (Å²) in [7, 11) is 1.75. The number of carbonyl (C=O) groups is 1. The van der Waals surface area contributed by atoms with E-state index in [-0.39, 0.29) is 22.5 Å². The Morgan fingerprint density at radius 1 is 1.59 bits per heavy atom. The van der Waals surface area contributed by atoms with Crippen molar-refractivity contribution < 1.29 is 4.79 Å². The van der Waals surface area contributed by atoms with Crippen LogP contribution in [0.15, 0.2) is 11.1 Å². The number of amides is 1. The van der Waals surface area contributed by atoms with Crippen LogP contribution in [0.3, 0.4) is 0 Å². The fourth-order valence-corrected chi connectivity index (χ4v) is 1.96. The number of hydrogen-bond donors (Lipinski definition) is 2. The second-order valence-corrected chi connectivity index (χ2v) is 4.43. The van der Waals surface area contributed by atoms with Crippen molar-refractivity contribution in [3.8, 4) is 0 Å². The Morgan fingerprint density at radius 3 is 3.06 bits per heavy atom. The maximum absolute atomic E-state index is 11.3. The van der Waals surface area contributed by atoms with E-state index in [1.165, 1.54) is 6.33 Å². The minimum atomic E-state index is -0.371. The lowest BCUT2D eigenvalue weighted by atomic mass is 10.1. The summed E-state index contributed by atoms with van der Waals surface area (Å²) in [4.78, 5) is 30.6. The van der Waals surface area contributed by atoms with Gasteiger partial charge in [-0.25, -0.2) is 4.98 Å². The van der Waals surface area contributed by atoms with Gasteiger partial charge in [-0.1, -0.05) is 11.6 Å². The van der Waals surface area contributed by atoms with Gasteiger partial charge in [0.15, 0.2) is 5.82 Å². The molecular formula is C10H13ClN4O2. The third kappa shape index (κ3) is 2.58. The van der Waals surface area contributed by atoms with Gasteiger partial charge in [-0.3, -0.25) is 9.59 Å². The minimum absolute atomic E-state index is 0.0482. The van der Waals surface area contributed by atoms with Crippen LogP contribution in [-0.4, -0.2) is 40.4 Å². The standard InChI is InChI=1S/C10H13ClN4O2/c1-15-4-6(2-3-7(15)16)14-9-8(11)10(17)13-5-12-9/h5-6H,2-4H2,1H3,(H2,12,13,14,17). The average molecular weight is 257 g/mol. The first kappa shape index (κ1) is 11.9. The van der Waals surface area contributed by atoms with Crippen molar-refractivity contribution in [3.63, 3.8) is 0 Å². The number of hydrogen-bond acceptors (Lipinski definition) is 4. The number of nitrogens with one attached hydrogen (secondary N) is 2. The Hall–Kier alpha value is -1.56. The molecule has 0 radical (unpaired) electrons. The maximum atomic E-state index is 11.3. The van der Waals surface area contributed by atoms with E-state index in [1.54, 1.807) is 11.9 Å². The van der Waals surface area contributed by atoms with Gasteiger partial charge in [0.05, 0.1) is 6.33 Å². The highest BCUT2D eigenvalue weighted by Gasteiger charge is 2.23. The Balaban J connectivity index is 2.09. The van der Waals surface area contributed by atoms with Gasteiger partial charge in [-0.2, -0.15) is 0 Å². The Morgan fingerprint density at radius 2 is 2.35 bits per heavy atom. The van der Waals surface area contributed by atoms with E-state index < -0.39 is 0 Å². The molecule has 2 rings (SSSR count). The number of nitrogens with zero attached hydrogens (tertiary/aromatic N) is 2. The number of halogens is 1. The molecule has 1 fully saturated rings. The molecule has 2 N–H and O–H groups in total. The molecular weight excluding hydrogens is 244 g/mol. The fraction of sp³-hybridized carbons (Fsp3) is 0.500. The number of aromatic nitrogens is 2. The van der Waals surface area contributed by atoms with Crippen LogP contribution in [0, 0.1) is 0 Å². The number of likely N-dealkylation sites (tertiary alicyclic amines) is 1. The monoisotopic (exact) mass is 256 g/mol. The molecule has 17 heavy (non-hydrogen) atoms. The normalized spacial score (nSPS) is 20.5. The van der Waals surface area contributed by atoms with Crippen LogP contribution < -0.4 is 10.9 Å². The Bertz CT molecular complexity index is 487. The van der Waals surface area contributed by atoms with Crippen LogP contribution in [0.2, 0.25) is 5.02 Å². The fourth-order valence-electron chi connectivity index (χ4n) is 1.81. The molecule has 1 atom stereocenters. The van der Waals surface area contributed by atoms with E-state index in [0.717, 1.165) is 0 Å². The molecule has 0 aliphatic carbocycles. The van der Waals surface area contributed by atoms with Gasteiger partial charge in [0.25, 0.3) is 5.56 Å². The quantitative estimate of drug-likeness (QED) is 0.806. The lowest BCUT2D eigenvalue weighted by Gasteiger charge is -2.30. The summed E-state index contributed by atoms with van der Waals surface area (Å²) in [6, 6.07) is 0.0736. The molecule has 0 saturated carbocycles. The average Bonchev–Trinajstić information content (AvgIpc) is 2.30. The Labute approximate surface area is 103 Å². The van der Waals surface area contributed by atoms with E-state index in [4.69, 9.17) is 11.6 Å². The van der Waals surface area contributed by atoms with Gasteiger partial charge in [0, 0.05) is 26.1 Å². The summed E-state index contributed by atoms with van der Waals surface area (Å²) >= 11 is 5.83. The van der Waals surface area contributed by atoms with Crippen LogP contribution in [0.25, 0.3) is 0 Å². The number of H-pyrrole nitrogens is 1. The lowest BCUT2D eigenvalue weighted by Crippen LogP contribution is -2.43. The number of aromatic amines is 1. The molecule has 0 spiro atoms. The third-order valence-electron chi connectivity index (χ3n) is 2.76. The molecule has 1 saturated heterocycles. The molecule has 6 nitrogen and oxygen atoms in total. The van der Waals surface area contributed by atoms with E-state index >= 15 is 0 Å². The minimum Gasteiger partial charge on any atom is -0.364 e. The van der Waals surface area contributed by atoms with Gasteiger partial charge in [-0.05, 0) is 6.42 Å². The first-order chi connectivity index (χ1) is 8.08. The third-order valence-corrected chi connectivity index (χ3v) is 3.11. The highest BCUT2D eigenvalue weighted by molar-refractivity contribution is 6.32. The highest BCUT2D eigenvalue weighted by Crippen LogP contribution is 2.18.